The fraction of sp³-hybridized carbons (Fsp3) is 0.615. The van der Waals surface area contributed by atoms with E-state index < -0.39 is 4.92 Å². The summed E-state index contributed by atoms with van der Waals surface area (Å²) >= 11 is 5.94. The maximum atomic E-state index is 10.6. The van der Waals surface area contributed by atoms with Gasteiger partial charge in [0.1, 0.15) is 17.8 Å². The van der Waals surface area contributed by atoms with Crippen molar-refractivity contribution in [3.8, 4) is 5.88 Å². The Morgan fingerprint density at radius 1 is 1.40 bits per heavy atom. The van der Waals surface area contributed by atoms with Gasteiger partial charge in [0.25, 0.3) is 5.69 Å². The summed E-state index contributed by atoms with van der Waals surface area (Å²) in [6, 6.07) is 1.24. The molecule has 1 aromatic heterocycles. The van der Waals surface area contributed by atoms with Gasteiger partial charge in [-0.05, 0) is 12.8 Å². The van der Waals surface area contributed by atoms with Crippen molar-refractivity contribution in [2.75, 3.05) is 6.61 Å². The topological polar surface area (TPSA) is 91.3 Å². The highest BCUT2D eigenvalue weighted by molar-refractivity contribution is 6.32. The van der Waals surface area contributed by atoms with Gasteiger partial charge in [-0.2, -0.15) is 0 Å². The van der Waals surface area contributed by atoms with E-state index in [9.17, 15) is 10.1 Å². The van der Waals surface area contributed by atoms with Gasteiger partial charge < -0.3 is 10.5 Å². The van der Waals surface area contributed by atoms with Crippen LogP contribution in [0.2, 0.25) is 5.02 Å². The van der Waals surface area contributed by atoms with E-state index in [4.69, 9.17) is 22.1 Å². The van der Waals surface area contributed by atoms with Crippen molar-refractivity contribution in [3.05, 3.63) is 27.4 Å². The van der Waals surface area contributed by atoms with Gasteiger partial charge in [-0.15, -0.1) is 0 Å². The van der Waals surface area contributed by atoms with Crippen LogP contribution in [0.1, 0.15) is 38.5 Å². The number of pyridine rings is 1. The van der Waals surface area contributed by atoms with Crippen LogP contribution in [-0.4, -0.2) is 22.1 Å². The fourth-order valence-corrected chi connectivity index (χ4v) is 2.63. The second-order valence-electron chi connectivity index (χ2n) is 5.30. The van der Waals surface area contributed by atoms with Crippen LogP contribution in [0.4, 0.5) is 5.69 Å². The lowest BCUT2D eigenvalue weighted by Gasteiger charge is -2.27. The maximum Gasteiger partial charge on any atom is 0.289 e. The molecule has 1 saturated carbocycles. The standard InChI is InChI=1S/C13H18ClN3O3/c14-11-7-10(17(18)19)8-16-12(11)20-9-13(15)5-3-1-2-4-6-13/h7-8H,1-6,9,15H2. The zero-order chi connectivity index (χ0) is 14.6. The Morgan fingerprint density at radius 2 is 2.05 bits per heavy atom. The molecule has 0 radical (unpaired) electrons. The number of ether oxygens (including phenoxy) is 1. The van der Waals surface area contributed by atoms with Crippen molar-refractivity contribution < 1.29 is 9.66 Å². The molecule has 0 aliphatic heterocycles. The lowest BCUT2D eigenvalue weighted by molar-refractivity contribution is -0.385. The minimum atomic E-state index is -0.543. The van der Waals surface area contributed by atoms with Crippen LogP contribution in [0.15, 0.2) is 12.3 Å². The van der Waals surface area contributed by atoms with Crippen LogP contribution >= 0.6 is 11.6 Å². The third-order valence-electron chi connectivity index (χ3n) is 3.60. The molecule has 2 rings (SSSR count). The van der Waals surface area contributed by atoms with Crippen molar-refractivity contribution in [1.29, 1.82) is 0 Å². The quantitative estimate of drug-likeness (QED) is 0.524. The van der Waals surface area contributed by atoms with Gasteiger partial charge in [0.2, 0.25) is 5.88 Å². The Labute approximate surface area is 122 Å². The largest absolute Gasteiger partial charge is 0.475 e. The molecular formula is C13H18ClN3O3. The number of hydrogen-bond donors (Lipinski definition) is 1. The summed E-state index contributed by atoms with van der Waals surface area (Å²) in [7, 11) is 0. The molecule has 0 spiro atoms. The Balaban J connectivity index is 2.01. The Kier molecular flexibility index (Phi) is 4.77. The smallest absolute Gasteiger partial charge is 0.289 e. The molecule has 0 atom stereocenters. The first kappa shape index (κ1) is 15.0. The molecule has 2 N–H and O–H groups in total. The predicted molar refractivity (Wildman–Crippen MR) is 76.0 cm³/mol. The Morgan fingerprint density at radius 3 is 2.60 bits per heavy atom. The average Bonchev–Trinajstić information content (AvgIpc) is 2.62. The number of rotatable bonds is 4. The Bertz CT molecular complexity index is 488. The molecule has 0 aromatic carbocycles. The van der Waals surface area contributed by atoms with Crippen LogP contribution in [0.3, 0.4) is 0 Å². The van der Waals surface area contributed by atoms with E-state index >= 15 is 0 Å². The molecule has 1 fully saturated rings. The summed E-state index contributed by atoms with van der Waals surface area (Å²) in [5, 5.41) is 10.7. The zero-order valence-corrected chi connectivity index (χ0v) is 11.9. The van der Waals surface area contributed by atoms with E-state index in [1.54, 1.807) is 0 Å². The van der Waals surface area contributed by atoms with E-state index in [1.807, 2.05) is 0 Å². The van der Waals surface area contributed by atoms with Crippen LogP contribution in [-0.2, 0) is 0 Å². The minimum absolute atomic E-state index is 0.136. The number of nitrogens with two attached hydrogens (primary N) is 1. The number of hydrogen-bond acceptors (Lipinski definition) is 5. The number of halogens is 1. The molecule has 110 valence electrons. The van der Waals surface area contributed by atoms with E-state index in [0.29, 0.717) is 6.61 Å². The highest BCUT2D eigenvalue weighted by atomic mass is 35.5. The van der Waals surface area contributed by atoms with Crippen LogP contribution in [0, 0.1) is 10.1 Å². The third kappa shape index (κ3) is 3.80. The molecule has 0 amide bonds. The first-order chi connectivity index (χ1) is 9.50. The van der Waals surface area contributed by atoms with E-state index in [-0.39, 0.29) is 22.1 Å². The molecular weight excluding hydrogens is 282 g/mol. The molecule has 1 heterocycles. The Hall–Kier alpha value is -1.40. The molecule has 0 unspecified atom stereocenters. The fourth-order valence-electron chi connectivity index (χ4n) is 2.41. The van der Waals surface area contributed by atoms with Crippen LogP contribution < -0.4 is 10.5 Å². The van der Waals surface area contributed by atoms with Crippen molar-refractivity contribution >= 4 is 17.3 Å². The molecule has 6 nitrogen and oxygen atoms in total. The predicted octanol–water partition coefficient (Wildman–Crippen LogP) is 3.07. The zero-order valence-electron chi connectivity index (χ0n) is 11.2. The summed E-state index contributed by atoms with van der Waals surface area (Å²) in [6.07, 6.45) is 7.57. The summed E-state index contributed by atoms with van der Waals surface area (Å²) in [5.41, 5.74) is 5.82. The summed E-state index contributed by atoms with van der Waals surface area (Å²) in [5.74, 6) is 0.200. The molecule has 0 saturated heterocycles. The van der Waals surface area contributed by atoms with Gasteiger partial charge in [0.15, 0.2) is 0 Å². The maximum absolute atomic E-state index is 10.6. The molecule has 1 aliphatic rings. The van der Waals surface area contributed by atoms with E-state index in [0.717, 1.165) is 31.9 Å². The molecule has 7 heteroatoms. The second kappa shape index (κ2) is 6.37. The van der Waals surface area contributed by atoms with Gasteiger partial charge in [0.05, 0.1) is 10.5 Å². The summed E-state index contributed by atoms with van der Waals surface area (Å²) in [4.78, 5) is 13.9. The number of aromatic nitrogens is 1. The average molecular weight is 300 g/mol. The number of nitrogens with zero attached hydrogens (tertiary/aromatic N) is 2. The third-order valence-corrected chi connectivity index (χ3v) is 3.87. The van der Waals surface area contributed by atoms with Gasteiger partial charge >= 0.3 is 0 Å². The van der Waals surface area contributed by atoms with Gasteiger partial charge in [-0.3, -0.25) is 10.1 Å². The molecule has 1 aliphatic carbocycles. The second-order valence-corrected chi connectivity index (χ2v) is 5.71. The number of nitro groups is 1. The SMILES string of the molecule is NC1(COc2ncc([N+](=O)[O-])cc2Cl)CCCCCC1. The monoisotopic (exact) mass is 299 g/mol. The lowest BCUT2D eigenvalue weighted by Crippen LogP contribution is -2.45. The van der Waals surface area contributed by atoms with E-state index in [2.05, 4.69) is 4.98 Å². The molecule has 20 heavy (non-hydrogen) atoms. The normalized spacial score (nSPS) is 18.3. The summed E-state index contributed by atoms with van der Waals surface area (Å²) < 4.78 is 5.58. The molecule has 1 aromatic rings. The van der Waals surface area contributed by atoms with Crippen LogP contribution in [0.25, 0.3) is 0 Å². The lowest BCUT2D eigenvalue weighted by atomic mass is 9.93. The van der Waals surface area contributed by atoms with Crippen LogP contribution in [0.5, 0.6) is 5.88 Å². The van der Waals surface area contributed by atoms with Gasteiger partial charge in [-0.1, -0.05) is 37.3 Å². The summed E-state index contributed by atoms with van der Waals surface area (Å²) in [6.45, 7) is 0.331. The van der Waals surface area contributed by atoms with Gasteiger partial charge in [-0.25, -0.2) is 4.98 Å². The first-order valence-corrected chi connectivity index (χ1v) is 7.10. The van der Waals surface area contributed by atoms with Crippen molar-refractivity contribution in [1.82, 2.24) is 4.98 Å². The highest BCUT2D eigenvalue weighted by Crippen LogP contribution is 2.29. The van der Waals surface area contributed by atoms with Gasteiger partial charge in [0, 0.05) is 6.07 Å². The minimum Gasteiger partial charge on any atom is -0.475 e. The van der Waals surface area contributed by atoms with Crippen molar-refractivity contribution in [2.45, 2.75) is 44.1 Å². The first-order valence-electron chi connectivity index (χ1n) is 6.72. The van der Waals surface area contributed by atoms with E-state index in [1.165, 1.54) is 18.9 Å². The van der Waals surface area contributed by atoms with Crippen molar-refractivity contribution in [3.63, 3.8) is 0 Å². The molecule has 0 bridgehead atoms. The van der Waals surface area contributed by atoms with Crippen molar-refractivity contribution in [2.24, 2.45) is 5.73 Å². The highest BCUT2D eigenvalue weighted by Gasteiger charge is 2.27.